The van der Waals surface area contributed by atoms with Crippen molar-refractivity contribution >= 4 is 5.69 Å². The Labute approximate surface area is 114 Å². The van der Waals surface area contributed by atoms with Gasteiger partial charge in [0.05, 0.1) is 5.57 Å². The van der Waals surface area contributed by atoms with E-state index in [0.717, 1.165) is 12.2 Å². The van der Waals surface area contributed by atoms with Gasteiger partial charge in [-0.15, -0.1) is 0 Å². The maximum absolute atomic E-state index is 12.8. The highest BCUT2D eigenvalue weighted by Crippen LogP contribution is 2.33. The van der Waals surface area contributed by atoms with Crippen molar-refractivity contribution in [3.8, 4) is 0 Å². The number of hydrogen-bond donors (Lipinski definition) is 2. The van der Waals surface area contributed by atoms with E-state index in [9.17, 15) is 18.3 Å². The molecule has 1 aliphatic rings. The van der Waals surface area contributed by atoms with Crippen LogP contribution in [0.5, 0.6) is 0 Å². The molecule has 0 heterocycles. The molecule has 0 saturated heterocycles. The smallest absolute Gasteiger partial charge is 0.399 e. The van der Waals surface area contributed by atoms with E-state index in [1.807, 2.05) is 0 Å². The molecule has 0 spiro atoms. The summed E-state index contributed by atoms with van der Waals surface area (Å²) in [5.41, 5.74) is 5.97. The van der Waals surface area contributed by atoms with Crippen molar-refractivity contribution < 1.29 is 18.3 Å². The number of halogens is 3. The van der Waals surface area contributed by atoms with E-state index < -0.39 is 17.9 Å². The molecule has 1 atom stereocenters. The monoisotopic (exact) mass is 281 g/mol. The predicted molar refractivity (Wildman–Crippen MR) is 71.8 cm³/mol. The first-order valence-corrected chi connectivity index (χ1v) is 6.07. The van der Waals surface area contributed by atoms with Gasteiger partial charge in [0, 0.05) is 5.69 Å². The summed E-state index contributed by atoms with van der Waals surface area (Å²) in [6, 6.07) is 6.46. The van der Waals surface area contributed by atoms with Crippen molar-refractivity contribution in [1.29, 1.82) is 0 Å². The summed E-state index contributed by atoms with van der Waals surface area (Å²) < 4.78 is 38.3. The van der Waals surface area contributed by atoms with Crippen LogP contribution in [-0.2, 0) is 0 Å². The molecule has 5 heteroatoms. The minimum Gasteiger partial charge on any atom is -0.399 e. The maximum atomic E-state index is 12.8. The highest BCUT2D eigenvalue weighted by molar-refractivity contribution is 5.46. The van der Waals surface area contributed by atoms with Crippen LogP contribution in [0.2, 0.25) is 0 Å². The van der Waals surface area contributed by atoms with Gasteiger partial charge in [0.25, 0.3) is 0 Å². The van der Waals surface area contributed by atoms with E-state index in [1.165, 1.54) is 6.08 Å². The molecular formula is C15H14F3NO. The fraction of sp³-hybridized carbons (Fsp3) is 0.200. The Kier molecular flexibility index (Phi) is 3.99. The third kappa shape index (κ3) is 3.30. The summed E-state index contributed by atoms with van der Waals surface area (Å²) in [4.78, 5) is 0. The highest BCUT2D eigenvalue weighted by atomic mass is 19.4. The van der Waals surface area contributed by atoms with E-state index in [1.54, 1.807) is 30.3 Å². The molecule has 20 heavy (non-hydrogen) atoms. The molecule has 1 unspecified atom stereocenters. The van der Waals surface area contributed by atoms with Crippen LogP contribution in [0, 0.1) is 0 Å². The topological polar surface area (TPSA) is 46.2 Å². The number of rotatable bonds is 2. The quantitative estimate of drug-likeness (QED) is 0.812. The zero-order chi connectivity index (χ0) is 14.8. The second-order valence-corrected chi connectivity index (χ2v) is 4.51. The van der Waals surface area contributed by atoms with Gasteiger partial charge in [-0.2, -0.15) is 13.2 Å². The number of allylic oxidation sites excluding steroid dienone is 4. The molecule has 0 fully saturated rings. The van der Waals surface area contributed by atoms with Crippen LogP contribution < -0.4 is 5.73 Å². The van der Waals surface area contributed by atoms with E-state index >= 15 is 0 Å². The van der Waals surface area contributed by atoms with Gasteiger partial charge >= 0.3 is 6.18 Å². The lowest BCUT2D eigenvalue weighted by atomic mass is 9.99. The average molecular weight is 281 g/mol. The number of aliphatic hydroxyl groups is 1. The standard InChI is InChI=1S/C15H14F3NO/c16-15(17,18)12-6-2-1-4-10(8-12)14(20)11-5-3-7-13(19)9-11/h1,3-9,14,20H,2,19H2. The zero-order valence-corrected chi connectivity index (χ0v) is 10.6. The number of alkyl halides is 3. The molecule has 0 bridgehead atoms. The molecule has 0 aromatic heterocycles. The number of nitrogen functional groups attached to an aromatic ring is 1. The summed E-state index contributed by atoms with van der Waals surface area (Å²) in [5, 5.41) is 10.2. The molecule has 106 valence electrons. The van der Waals surface area contributed by atoms with E-state index in [0.29, 0.717) is 11.3 Å². The normalized spacial score (nSPS) is 17.2. The van der Waals surface area contributed by atoms with Crippen molar-refractivity contribution in [2.45, 2.75) is 18.7 Å². The number of benzene rings is 1. The summed E-state index contributed by atoms with van der Waals surface area (Å²) in [5.74, 6) is 0. The first kappa shape index (κ1) is 14.4. The maximum Gasteiger partial charge on any atom is 0.416 e. The Hall–Kier alpha value is -2.01. The fourth-order valence-corrected chi connectivity index (χ4v) is 1.97. The molecule has 1 aliphatic carbocycles. The van der Waals surface area contributed by atoms with Gasteiger partial charge in [0.1, 0.15) is 6.10 Å². The molecule has 0 amide bonds. The Morgan fingerprint density at radius 3 is 2.65 bits per heavy atom. The Morgan fingerprint density at radius 2 is 2.00 bits per heavy atom. The molecule has 2 nitrogen and oxygen atoms in total. The van der Waals surface area contributed by atoms with Gasteiger partial charge in [0.15, 0.2) is 0 Å². The molecule has 0 saturated carbocycles. The van der Waals surface area contributed by atoms with Crippen LogP contribution in [0.1, 0.15) is 18.1 Å². The molecule has 0 radical (unpaired) electrons. The van der Waals surface area contributed by atoms with Crippen LogP contribution in [0.3, 0.4) is 0 Å². The van der Waals surface area contributed by atoms with Crippen LogP contribution in [0.4, 0.5) is 18.9 Å². The summed E-state index contributed by atoms with van der Waals surface area (Å²) in [6.45, 7) is 0. The van der Waals surface area contributed by atoms with Crippen LogP contribution >= 0.6 is 0 Å². The summed E-state index contributed by atoms with van der Waals surface area (Å²) in [6.07, 6.45) is -0.236. The van der Waals surface area contributed by atoms with Gasteiger partial charge in [-0.3, -0.25) is 0 Å². The first-order valence-electron chi connectivity index (χ1n) is 6.07. The van der Waals surface area contributed by atoms with Gasteiger partial charge < -0.3 is 10.8 Å². The molecule has 0 aliphatic heterocycles. The number of anilines is 1. The van der Waals surface area contributed by atoms with Gasteiger partial charge in [-0.1, -0.05) is 30.4 Å². The van der Waals surface area contributed by atoms with E-state index in [4.69, 9.17) is 5.73 Å². The minimum atomic E-state index is -4.42. The van der Waals surface area contributed by atoms with Gasteiger partial charge in [0.2, 0.25) is 0 Å². The van der Waals surface area contributed by atoms with E-state index in [-0.39, 0.29) is 12.0 Å². The van der Waals surface area contributed by atoms with Gasteiger partial charge in [-0.05, 0) is 35.8 Å². The summed E-state index contributed by atoms with van der Waals surface area (Å²) >= 11 is 0. The minimum absolute atomic E-state index is 0.179. The molecule has 2 rings (SSSR count). The Balaban J connectivity index is 2.35. The van der Waals surface area contributed by atoms with Gasteiger partial charge in [-0.25, -0.2) is 0 Å². The predicted octanol–water partition coefficient (Wildman–Crippen LogP) is 3.68. The van der Waals surface area contributed by atoms with Crippen molar-refractivity contribution in [2.75, 3.05) is 5.73 Å². The van der Waals surface area contributed by atoms with Crippen LogP contribution in [0.25, 0.3) is 0 Å². The van der Waals surface area contributed by atoms with E-state index in [2.05, 4.69) is 0 Å². The lowest BCUT2D eigenvalue weighted by Gasteiger charge is -2.14. The van der Waals surface area contributed by atoms with Crippen molar-refractivity contribution in [3.05, 3.63) is 65.3 Å². The summed E-state index contributed by atoms with van der Waals surface area (Å²) in [7, 11) is 0. The second-order valence-electron chi connectivity index (χ2n) is 4.51. The first-order chi connectivity index (χ1) is 9.38. The van der Waals surface area contributed by atoms with Crippen molar-refractivity contribution in [2.24, 2.45) is 0 Å². The average Bonchev–Trinajstić information content (AvgIpc) is 2.63. The molecule has 1 aromatic carbocycles. The third-order valence-corrected chi connectivity index (χ3v) is 2.98. The lowest BCUT2D eigenvalue weighted by Crippen LogP contribution is -2.11. The Bertz CT molecular complexity index is 585. The second kappa shape index (κ2) is 5.54. The fourth-order valence-electron chi connectivity index (χ4n) is 1.97. The Morgan fingerprint density at radius 1 is 1.25 bits per heavy atom. The van der Waals surface area contributed by atoms with Crippen molar-refractivity contribution in [1.82, 2.24) is 0 Å². The number of nitrogens with two attached hydrogens (primary N) is 1. The SMILES string of the molecule is Nc1cccc(C(O)C2=CC(C(F)(F)F)=CCC=C2)c1. The number of aliphatic hydroxyl groups excluding tert-OH is 1. The zero-order valence-electron chi connectivity index (χ0n) is 10.6. The largest absolute Gasteiger partial charge is 0.416 e. The van der Waals surface area contributed by atoms with Crippen molar-refractivity contribution in [3.63, 3.8) is 0 Å². The molecular weight excluding hydrogens is 267 g/mol. The van der Waals surface area contributed by atoms with Crippen LogP contribution in [-0.4, -0.2) is 11.3 Å². The lowest BCUT2D eigenvalue weighted by molar-refractivity contribution is -0.0884. The highest BCUT2D eigenvalue weighted by Gasteiger charge is 2.32. The number of hydrogen-bond acceptors (Lipinski definition) is 2. The molecule has 1 aromatic rings. The molecule has 3 N–H and O–H groups in total. The third-order valence-electron chi connectivity index (χ3n) is 2.98. The van der Waals surface area contributed by atoms with Crippen LogP contribution in [0.15, 0.2) is 59.7 Å².